The standard InChI is InChI=1S/C18H25N3O2.ClH/c19-12-16(13-4-2-1-3-5-13)17(22)20-15-8-10-21(11-9-15)18(23)14-6-7-14;/h1-5,14-16H,6-12,19H2,(H,20,22);1H. The number of nitrogens with zero attached hydrogens (tertiary/aromatic N) is 1. The van der Waals surface area contributed by atoms with Crippen LogP contribution in [0, 0.1) is 5.92 Å². The molecular formula is C18H26ClN3O2. The van der Waals surface area contributed by atoms with Crippen LogP contribution >= 0.6 is 12.4 Å². The predicted molar refractivity (Wildman–Crippen MR) is 96.0 cm³/mol. The molecule has 1 saturated heterocycles. The molecule has 1 saturated carbocycles. The topological polar surface area (TPSA) is 75.4 Å². The summed E-state index contributed by atoms with van der Waals surface area (Å²) in [5.41, 5.74) is 6.75. The highest BCUT2D eigenvalue weighted by atomic mass is 35.5. The predicted octanol–water partition coefficient (Wildman–Crippen LogP) is 1.67. The first kappa shape index (κ1) is 18.7. The molecule has 3 N–H and O–H groups in total. The lowest BCUT2D eigenvalue weighted by Gasteiger charge is -2.33. The summed E-state index contributed by atoms with van der Waals surface area (Å²) in [4.78, 5) is 26.5. The number of likely N-dealkylation sites (tertiary alicyclic amines) is 1. The van der Waals surface area contributed by atoms with E-state index in [2.05, 4.69) is 5.32 Å². The Morgan fingerprint density at radius 2 is 1.75 bits per heavy atom. The molecule has 1 aliphatic heterocycles. The summed E-state index contributed by atoms with van der Waals surface area (Å²) in [5, 5.41) is 3.12. The van der Waals surface area contributed by atoms with E-state index in [1.165, 1.54) is 0 Å². The lowest BCUT2D eigenvalue weighted by atomic mass is 9.97. The summed E-state index contributed by atoms with van der Waals surface area (Å²) >= 11 is 0. The zero-order chi connectivity index (χ0) is 16.2. The highest BCUT2D eigenvalue weighted by Gasteiger charge is 2.35. The zero-order valence-corrected chi connectivity index (χ0v) is 14.6. The quantitative estimate of drug-likeness (QED) is 0.847. The van der Waals surface area contributed by atoms with Crippen molar-refractivity contribution in [1.82, 2.24) is 10.2 Å². The SMILES string of the molecule is Cl.NCC(C(=O)NC1CCN(C(=O)C2CC2)CC1)c1ccccc1. The van der Waals surface area contributed by atoms with Crippen molar-refractivity contribution in [3.8, 4) is 0 Å². The van der Waals surface area contributed by atoms with Gasteiger partial charge in [0.2, 0.25) is 11.8 Å². The van der Waals surface area contributed by atoms with Crippen LogP contribution in [0.5, 0.6) is 0 Å². The molecule has 1 unspecified atom stereocenters. The van der Waals surface area contributed by atoms with E-state index in [-0.39, 0.29) is 36.2 Å². The molecule has 1 aromatic rings. The van der Waals surface area contributed by atoms with Crippen molar-refractivity contribution in [1.29, 1.82) is 0 Å². The molecule has 132 valence electrons. The molecule has 1 heterocycles. The largest absolute Gasteiger partial charge is 0.353 e. The average molecular weight is 352 g/mol. The second-order valence-corrected chi connectivity index (χ2v) is 6.58. The number of carbonyl (C=O) groups excluding carboxylic acids is 2. The van der Waals surface area contributed by atoms with Gasteiger partial charge in [-0.1, -0.05) is 30.3 Å². The Kier molecular flexibility index (Phi) is 6.63. The minimum atomic E-state index is -0.303. The third kappa shape index (κ3) is 4.48. The second kappa shape index (κ2) is 8.49. The number of rotatable bonds is 5. The number of benzene rings is 1. The number of nitrogens with two attached hydrogens (primary N) is 1. The number of amides is 2. The van der Waals surface area contributed by atoms with Crippen molar-refractivity contribution >= 4 is 24.2 Å². The monoisotopic (exact) mass is 351 g/mol. The van der Waals surface area contributed by atoms with Gasteiger partial charge >= 0.3 is 0 Å². The van der Waals surface area contributed by atoms with Crippen LogP contribution in [0.1, 0.15) is 37.2 Å². The smallest absolute Gasteiger partial charge is 0.229 e. The number of piperidine rings is 1. The Morgan fingerprint density at radius 1 is 1.12 bits per heavy atom. The summed E-state index contributed by atoms with van der Waals surface area (Å²) in [6.45, 7) is 1.80. The first-order chi connectivity index (χ1) is 11.2. The molecule has 0 bridgehead atoms. The number of nitrogens with one attached hydrogen (secondary N) is 1. The Morgan fingerprint density at radius 3 is 2.29 bits per heavy atom. The Bertz CT molecular complexity index is 555. The number of hydrogen-bond acceptors (Lipinski definition) is 3. The molecule has 1 aliphatic carbocycles. The summed E-state index contributed by atoms with van der Waals surface area (Å²) in [7, 11) is 0. The fourth-order valence-electron chi connectivity index (χ4n) is 3.21. The maximum atomic E-state index is 12.5. The van der Waals surface area contributed by atoms with Gasteiger partial charge in [-0.3, -0.25) is 9.59 Å². The summed E-state index contributed by atoms with van der Waals surface area (Å²) < 4.78 is 0. The van der Waals surface area contributed by atoms with Crippen molar-refractivity contribution in [3.63, 3.8) is 0 Å². The first-order valence-corrected chi connectivity index (χ1v) is 8.53. The van der Waals surface area contributed by atoms with E-state index >= 15 is 0 Å². The van der Waals surface area contributed by atoms with Gasteiger partial charge in [0.1, 0.15) is 0 Å². The average Bonchev–Trinajstić information content (AvgIpc) is 3.41. The van der Waals surface area contributed by atoms with E-state index in [1.807, 2.05) is 35.2 Å². The van der Waals surface area contributed by atoms with Gasteiger partial charge in [-0.25, -0.2) is 0 Å². The van der Waals surface area contributed by atoms with Crippen LogP contribution < -0.4 is 11.1 Å². The third-order valence-electron chi connectivity index (χ3n) is 4.83. The van der Waals surface area contributed by atoms with Crippen LogP contribution in [0.3, 0.4) is 0 Å². The van der Waals surface area contributed by atoms with E-state index in [4.69, 9.17) is 5.73 Å². The van der Waals surface area contributed by atoms with Crippen molar-refractivity contribution < 1.29 is 9.59 Å². The lowest BCUT2D eigenvalue weighted by Crippen LogP contribution is -2.48. The zero-order valence-electron chi connectivity index (χ0n) is 13.8. The summed E-state index contributed by atoms with van der Waals surface area (Å²) in [6.07, 6.45) is 3.75. The van der Waals surface area contributed by atoms with Gasteiger partial charge < -0.3 is 16.0 Å². The number of halogens is 1. The number of hydrogen-bond donors (Lipinski definition) is 2. The highest BCUT2D eigenvalue weighted by molar-refractivity contribution is 5.85. The first-order valence-electron chi connectivity index (χ1n) is 8.53. The van der Waals surface area contributed by atoms with Crippen LogP contribution in [0.25, 0.3) is 0 Å². The van der Waals surface area contributed by atoms with Crippen LogP contribution in [0.2, 0.25) is 0 Å². The molecular weight excluding hydrogens is 326 g/mol. The second-order valence-electron chi connectivity index (χ2n) is 6.58. The molecule has 6 heteroatoms. The van der Waals surface area contributed by atoms with Crippen LogP contribution in [-0.2, 0) is 9.59 Å². The molecule has 5 nitrogen and oxygen atoms in total. The molecule has 2 fully saturated rings. The molecule has 0 spiro atoms. The summed E-state index contributed by atoms with van der Waals surface area (Å²) in [5.74, 6) is 0.271. The van der Waals surface area contributed by atoms with E-state index in [9.17, 15) is 9.59 Å². The normalized spacial score (nSPS) is 19.3. The Balaban J connectivity index is 0.00000208. The minimum absolute atomic E-state index is 0. The van der Waals surface area contributed by atoms with Crippen molar-refractivity contribution in [2.24, 2.45) is 11.7 Å². The van der Waals surface area contributed by atoms with Gasteiger partial charge in [-0.2, -0.15) is 0 Å². The van der Waals surface area contributed by atoms with Gasteiger partial charge in [0.25, 0.3) is 0 Å². The van der Waals surface area contributed by atoms with Crippen LogP contribution in [0.15, 0.2) is 30.3 Å². The molecule has 2 amide bonds. The minimum Gasteiger partial charge on any atom is -0.353 e. The fourth-order valence-corrected chi connectivity index (χ4v) is 3.21. The van der Waals surface area contributed by atoms with Crippen molar-refractivity contribution in [2.45, 2.75) is 37.6 Å². The molecule has 1 atom stereocenters. The van der Waals surface area contributed by atoms with Gasteiger partial charge in [-0.05, 0) is 31.2 Å². The maximum Gasteiger partial charge on any atom is 0.229 e. The van der Waals surface area contributed by atoms with Crippen LogP contribution in [0.4, 0.5) is 0 Å². The molecule has 1 aromatic carbocycles. The summed E-state index contributed by atoms with van der Waals surface area (Å²) in [6, 6.07) is 9.80. The molecule has 24 heavy (non-hydrogen) atoms. The van der Waals surface area contributed by atoms with Gasteiger partial charge in [0, 0.05) is 31.6 Å². The molecule has 3 rings (SSSR count). The third-order valence-corrected chi connectivity index (χ3v) is 4.83. The fraction of sp³-hybridized carbons (Fsp3) is 0.556. The Labute approximate surface area is 149 Å². The highest BCUT2D eigenvalue weighted by Crippen LogP contribution is 2.31. The number of carbonyl (C=O) groups is 2. The van der Waals surface area contributed by atoms with E-state index in [1.54, 1.807) is 0 Å². The molecule has 2 aliphatic rings. The van der Waals surface area contributed by atoms with Gasteiger partial charge in [0.05, 0.1) is 5.92 Å². The van der Waals surface area contributed by atoms with Crippen molar-refractivity contribution in [3.05, 3.63) is 35.9 Å². The molecule has 0 radical (unpaired) electrons. The maximum absolute atomic E-state index is 12.5. The van der Waals surface area contributed by atoms with E-state index in [0.717, 1.165) is 44.3 Å². The lowest BCUT2D eigenvalue weighted by molar-refractivity contribution is -0.133. The Hall–Kier alpha value is -1.59. The van der Waals surface area contributed by atoms with Crippen LogP contribution in [-0.4, -0.2) is 42.4 Å². The van der Waals surface area contributed by atoms with Crippen molar-refractivity contribution in [2.75, 3.05) is 19.6 Å². The molecule has 0 aromatic heterocycles. The van der Waals surface area contributed by atoms with Gasteiger partial charge in [-0.15, -0.1) is 12.4 Å². The van der Waals surface area contributed by atoms with E-state index < -0.39 is 0 Å². The van der Waals surface area contributed by atoms with Gasteiger partial charge in [0.15, 0.2) is 0 Å². The van der Waals surface area contributed by atoms with E-state index in [0.29, 0.717) is 12.5 Å².